The molecule has 24 nitrogen and oxygen atoms in total. The Balaban J connectivity index is 0.866. The molecule has 0 aromatic carbocycles. The fourth-order valence-corrected chi connectivity index (χ4v) is 16.7. The molecule has 5 aliphatic heterocycles. The molecule has 24 heteroatoms. The maximum absolute atomic E-state index is 14.6. The number of hydrogen-bond donors (Lipinski definition) is 11. The van der Waals surface area contributed by atoms with Crippen LogP contribution >= 0.6 is 0 Å². The molecule has 0 amide bonds. The molecule has 0 bridgehead atoms. The van der Waals surface area contributed by atoms with E-state index in [0.717, 1.165) is 31.3 Å². The Morgan fingerprint density at radius 3 is 1.91 bits per heavy atom. The van der Waals surface area contributed by atoms with Crippen LogP contribution in [0.5, 0.6) is 0 Å². The molecule has 1 spiro atoms. The summed E-state index contributed by atoms with van der Waals surface area (Å²) in [5, 5.41) is 122. The minimum Gasteiger partial charge on any atom is -0.460 e. The Morgan fingerprint density at radius 2 is 1.29 bits per heavy atom. The highest BCUT2D eigenvalue weighted by Gasteiger charge is 2.79. The summed E-state index contributed by atoms with van der Waals surface area (Å²) in [6.45, 7) is 15.4. The van der Waals surface area contributed by atoms with Crippen LogP contribution in [0, 0.1) is 39.4 Å². The summed E-state index contributed by atoms with van der Waals surface area (Å²) in [4.78, 5) is 26.3. The number of carbonyl (C=O) groups is 2. The van der Waals surface area contributed by atoms with Gasteiger partial charge in [0.2, 0.25) is 0 Å². The van der Waals surface area contributed by atoms with Crippen molar-refractivity contribution in [1.82, 2.24) is 0 Å². The largest absolute Gasteiger partial charge is 0.460 e. The van der Waals surface area contributed by atoms with Crippen molar-refractivity contribution in [2.24, 2.45) is 39.4 Å². The van der Waals surface area contributed by atoms with E-state index in [9.17, 15) is 65.8 Å². The van der Waals surface area contributed by atoms with E-state index in [2.05, 4.69) is 27.7 Å². The lowest BCUT2D eigenvalue weighted by molar-refractivity contribution is -0.389. The average molecular weight is 1150 g/mol. The highest BCUT2D eigenvalue weighted by molar-refractivity contribution is 5.84. The van der Waals surface area contributed by atoms with Gasteiger partial charge in [-0.05, 0) is 114 Å². The predicted molar refractivity (Wildman–Crippen MR) is 273 cm³/mol. The third-order valence-electron chi connectivity index (χ3n) is 20.8. The highest BCUT2D eigenvalue weighted by Crippen LogP contribution is 2.76. The molecule has 458 valence electrons. The first kappa shape index (κ1) is 62.4. The Hall–Kier alpha value is -2.12. The quantitative estimate of drug-likeness (QED) is 0.0520. The summed E-state index contributed by atoms with van der Waals surface area (Å²) in [6, 6.07) is 0. The summed E-state index contributed by atoms with van der Waals surface area (Å²) >= 11 is 0. The third kappa shape index (κ3) is 10.3. The molecular formula is C56H90O24. The zero-order chi connectivity index (χ0) is 58.6. The molecule has 3 saturated carbocycles. The van der Waals surface area contributed by atoms with Crippen LogP contribution < -0.4 is 0 Å². The number of cyclic esters (lactones) is 1. The van der Waals surface area contributed by atoms with Gasteiger partial charge in [-0.15, -0.1) is 0 Å². The molecule has 9 aliphatic rings. The minimum absolute atomic E-state index is 0.000531. The van der Waals surface area contributed by atoms with Gasteiger partial charge in [0, 0.05) is 20.0 Å². The van der Waals surface area contributed by atoms with Crippen molar-refractivity contribution in [1.29, 1.82) is 0 Å². The number of aliphatic hydroxyl groups excluding tert-OH is 11. The summed E-state index contributed by atoms with van der Waals surface area (Å²) in [7, 11) is 1.20. The first-order valence-corrected chi connectivity index (χ1v) is 28.7. The number of hydrogen-bond acceptors (Lipinski definition) is 24. The fraction of sp³-hybridized carbons (Fsp3) is 0.929. The van der Waals surface area contributed by atoms with Crippen LogP contribution in [0.3, 0.4) is 0 Å². The zero-order valence-electron chi connectivity index (χ0n) is 47.6. The number of carbonyl (C=O) groups excluding carboxylic acids is 2. The Morgan fingerprint density at radius 1 is 0.688 bits per heavy atom. The van der Waals surface area contributed by atoms with Crippen molar-refractivity contribution in [2.75, 3.05) is 26.9 Å². The van der Waals surface area contributed by atoms with Gasteiger partial charge in [-0.1, -0.05) is 39.3 Å². The number of allylic oxidation sites excluding steroid dienone is 1. The summed E-state index contributed by atoms with van der Waals surface area (Å²) < 4.78 is 65.4. The van der Waals surface area contributed by atoms with Gasteiger partial charge >= 0.3 is 11.9 Å². The molecule has 80 heavy (non-hydrogen) atoms. The minimum atomic E-state index is -1.91. The lowest BCUT2D eigenvalue weighted by Crippen LogP contribution is -2.67. The topological polar surface area (TPSA) is 358 Å². The first-order chi connectivity index (χ1) is 37.5. The van der Waals surface area contributed by atoms with E-state index in [1.807, 2.05) is 26.8 Å². The molecular weight excluding hydrogens is 1060 g/mol. The number of esters is 2. The second-order valence-corrected chi connectivity index (χ2v) is 26.3. The normalized spacial score (nSPS) is 51.1. The number of aliphatic hydroxyl groups is 11. The number of fused-ring (bicyclic) bond motifs is 4. The van der Waals surface area contributed by atoms with E-state index in [0.29, 0.717) is 32.1 Å². The molecule has 4 aliphatic carbocycles. The summed E-state index contributed by atoms with van der Waals surface area (Å²) in [5.41, 5.74) is -3.02. The first-order valence-electron chi connectivity index (χ1n) is 28.7. The van der Waals surface area contributed by atoms with Crippen LogP contribution in [0.15, 0.2) is 11.6 Å². The SMILES string of the molecule is COC1C(O)[C@H](OC2C(O)[C@H](O[C@@H]3C(C)O[C@@H](OC4C(O)[C@H](O)CO[C@H]4O[C@H]4CC[C@]5(C)C6=C[C@H](O)C78C(=O)O[C@@](C)(CCCC(C)(C)OC(C)=O)[C@H]7CC[C@@]8(C)C6CC[C@H]5C4(C)C)C(O)C3O)OC(CO)[C@H]2O)OC(CO)[C@H]1O. The molecule has 5 heterocycles. The maximum Gasteiger partial charge on any atom is 0.316 e. The molecule has 5 saturated heterocycles. The molecule has 0 aromatic rings. The fourth-order valence-electron chi connectivity index (χ4n) is 16.7. The van der Waals surface area contributed by atoms with Crippen LogP contribution in [-0.2, 0) is 61.7 Å². The zero-order valence-corrected chi connectivity index (χ0v) is 47.6. The van der Waals surface area contributed by atoms with Gasteiger partial charge in [0.25, 0.3) is 0 Å². The number of methoxy groups -OCH3 is 1. The Kier molecular flexibility index (Phi) is 17.9. The van der Waals surface area contributed by atoms with Crippen molar-refractivity contribution >= 4 is 11.9 Å². The van der Waals surface area contributed by atoms with Crippen LogP contribution in [0.2, 0.25) is 0 Å². The van der Waals surface area contributed by atoms with Gasteiger partial charge < -0.3 is 108 Å². The van der Waals surface area contributed by atoms with Gasteiger partial charge in [0.05, 0.1) is 38.1 Å². The van der Waals surface area contributed by atoms with Crippen LogP contribution in [0.4, 0.5) is 0 Å². The molecule has 13 unspecified atom stereocenters. The van der Waals surface area contributed by atoms with Crippen molar-refractivity contribution < 1.29 is 118 Å². The van der Waals surface area contributed by atoms with Gasteiger partial charge in [-0.25, -0.2) is 0 Å². The highest BCUT2D eigenvalue weighted by atomic mass is 16.8. The number of rotatable bonds is 16. The Bertz CT molecular complexity index is 2230. The van der Waals surface area contributed by atoms with E-state index < -0.39 is 175 Å². The van der Waals surface area contributed by atoms with E-state index in [1.165, 1.54) is 21.0 Å². The third-order valence-corrected chi connectivity index (χ3v) is 20.8. The van der Waals surface area contributed by atoms with Crippen molar-refractivity contribution in [3.8, 4) is 0 Å². The summed E-state index contributed by atoms with van der Waals surface area (Å²) in [6.07, 6.45) is -23.5. The Labute approximate surface area is 466 Å². The lowest BCUT2D eigenvalue weighted by atomic mass is 9.40. The monoisotopic (exact) mass is 1150 g/mol. The average Bonchev–Trinajstić information content (AvgIpc) is 3.67. The molecule has 8 fully saturated rings. The summed E-state index contributed by atoms with van der Waals surface area (Å²) in [5.74, 6) is -0.901. The van der Waals surface area contributed by atoms with Crippen LogP contribution in [-0.4, -0.2) is 235 Å². The van der Waals surface area contributed by atoms with Crippen LogP contribution in [0.25, 0.3) is 0 Å². The van der Waals surface area contributed by atoms with Gasteiger partial charge in [0.15, 0.2) is 25.2 Å². The van der Waals surface area contributed by atoms with E-state index in [4.69, 9.17) is 52.1 Å². The number of ether oxygens (including phenoxy) is 11. The molecule has 28 atom stereocenters. The molecule has 11 N–H and O–H groups in total. The smallest absolute Gasteiger partial charge is 0.316 e. The second kappa shape index (κ2) is 23.0. The van der Waals surface area contributed by atoms with Gasteiger partial charge in [-0.2, -0.15) is 0 Å². The standard InChI is InChI=1S/C56H90O24/c1-24-42(76-48-41(68)44(37(64)30(22-58)74-48)77-47-40(67)43(70-10)36(63)29(21-57)73-47)38(65)39(66)46(72-24)78-45-35(62)28(60)23-71-49(45)75-34-15-18-53(7)27-20-33(61)56-32(14-19-54(56,8)26(27)12-13-31(53)52(34,5)6)55(9,80-50(56)69)17-11-16-51(3,4)79-25(2)59/h20,24,26,28-49,57-58,60-68H,11-19,21-23H2,1-10H3/t24?,26?,28-,29?,30?,31+,32-,33+,34+,35?,36-,37-,38?,39?,40?,41?,42-,43?,44?,45?,46+,47+,48+,49+,53-,54+,55+,56?/m1/s1. The molecule has 0 aromatic heterocycles. The maximum atomic E-state index is 14.6. The van der Waals surface area contributed by atoms with E-state index >= 15 is 0 Å². The second-order valence-electron chi connectivity index (χ2n) is 26.3. The lowest BCUT2D eigenvalue weighted by Gasteiger charge is -2.64. The van der Waals surface area contributed by atoms with Crippen LogP contribution in [0.1, 0.15) is 120 Å². The molecule has 9 rings (SSSR count). The van der Waals surface area contributed by atoms with Crippen molar-refractivity contribution in [3.63, 3.8) is 0 Å². The van der Waals surface area contributed by atoms with Gasteiger partial charge in [-0.3, -0.25) is 9.59 Å². The predicted octanol–water partition coefficient (Wildman–Crippen LogP) is -0.651. The van der Waals surface area contributed by atoms with E-state index in [1.54, 1.807) is 0 Å². The van der Waals surface area contributed by atoms with Crippen molar-refractivity contribution in [2.45, 2.75) is 260 Å². The molecule has 0 radical (unpaired) electrons. The van der Waals surface area contributed by atoms with E-state index in [-0.39, 0.29) is 36.3 Å². The van der Waals surface area contributed by atoms with Gasteiger partial charge in [0.1, 0.15) is 102 Å². The van der Waals surface area contributed by atoms with Crippen molar-refractivity contribution in [3.05, 3.63) is 11.6 Å².